The Morgan fingerprint density at radius 2 is 1.30 bits per heavy atom. The number of sulfonamides is 1. The SMILES string of the molecule is COc1ccc(CCS(=O)(=O)NCc2nc3c(=O)n(-c4ccc(Cl)cc4)c(-c4ccc(-c5ccccc5)cc4)nc3n2-c2ccccc2)cc1. The van der Waals surface area contributed by atoms with E-state index in [1.807, 2.05) is 97.1 Å². The van der Waals surface area contributed by atoms with E-state index in [9.17, 15) is 13.2 Å². The van der Waals surface area contributed by atoms with Gasteiger partial charge in [-0.15, -0.1) is 0 Å². The highest BCUT2D eigenvalue weighted by Gasteiger charge is 2.23. The zero-order chi connectivity index (χ0) is 34.7. The van der Waals surface area contributed by atoms with Crippen LogP contribution in [0.25, 0.3) is 45.1 Å². The third-order valence-electron chi connectivity index (χ3n) is 8.37. The van der Waals surface area contributed by atoms with Gasteiger partial charge in [0.25, 0.3) is 5.56 Å². The van der Waals surface area contributed by atoms with Crippen molar-refractivity contribution in [2.75, 3.05) is 12.9 Å². The van der Waals surface area contributed by atoms with Crippen LogP contribution in [0.4, 0.5) is 0 Å². The maximum Gasteiger partial charge on any atom is 0.286 e. The standard InChI is InChI=1S/C39H32ClN5O4S/c1-49-34-22-12-27(13-23-34)24-25-50(47,48)41-26-35-42-36-38(44(35)32-10-6-3-7-11-32)43-37(45(39(36)46)33-20-18-31(40)19-21-33)30-16-14-29(15-17-30)28-8-4-2-5-9-28/h2-23,41H,24-26H2,1H3. The Bertz CT molecular complexity index is 2430. The van der Waals surface area contributed by atoms with Gasteiger partial charge in [0, 0.05) is 16.3 Å². The zero-order valence-electron chi connectivity index (χ0n) is 27.0. The highest BCUT2D eigenvalue weighted by atomic mass is 35.5. The van der Waals surface area contributed by atoms with Gasteiger partial charge in [-0.2, -0.15) is 0 Å². The number of aromatic nitrogens is 4. The molecule has 0 bridgehead atoms. The number of hydrogen-bond acceptors (Lipinski definition) is 6. The first-order valence-corrected chi connectivity index (χ1v) is 17.9. The molecule has 0 amide bonds. The summed E-state index contributed by atoms with van der Waals surface area (Å²) in [4.78, 5) is 24.3. The molecule has 0 saturated carbocycles. The van der Waals surface area contributed by atoms with Gasteiger partial charge in [0.2, 0.25) is 10.0 Å². The number of para-hydroxylation sites is 1. The van der Waals surface area contributed by atoms with E-state index in [0.717, 1.165) is 16.7 Å². The number of halogens is 1. The molecule has 0 atom stereocenters. The van der Waals surface area contributed by atoms with Crippen LogP contribution in [-0.4, -0.2) is 40.4 Å². The van der Waals surface area contributed by atoms with Crippen molar-refractivity contribution in [1.29, 1.82) is 0 Å². The van der Waals surface area contributed by atoms with Crippen LogP contribution < -0.4 is 15.0 Å². The quantitative estimate of drug-likeness (QED) is 0.153. The molecule has 50 heavy (non-hydrogen) atoms. The molecule has 7 aromatic rings. The minimum atomic E-state index is -3.72. The monoisotopic (exact) mass is 701 g/mol. The first-order valence-electron chi connectivity index (χ1n) is 15.9. The maximum absolute atomic E-state index is 14.5. The van der Waals surface area contributed by atoms with Crippen molar-refractivity contribution in [3.63, 3.8) is 0 Å². The molecule has 9 nitrogen and oxygen atoms in total. The lowest BCUT2D eigenvalue weighted by Crippen LogP contribution is -2.28. The van der Waals surface area contributed by atoms with Crippen LogP contribution in [0.15, 0.2) is 138 Å². The Balaban J connectivity index is 1.32. The van der Waals surface area contributed by atoms with E-state index in [2.05, 4.69) is 4.72 Å². The lowest BCUT2D eigenvalue weighted by molar-refractivity contribution is 0.414. The second-order valence-electron chi connectivity index (χ2n) is 11.6. The smallest absolute Gasteiger partial charge is 0.286 e. The number of methoxy groups -OCH3 is 1. The van der Waals surface area contributed by atoms with Crippen LogP contribution in [-0.2, 0) is 23.0 Å². The predicted molar refractivity (Wildman–Crippen MR) is 198 cm³/mol. The lowest BCUT2D eigenvalue weighted by atomic mass is 10.0. The van der Waals surface area contributed by atoms with E-state index >= 15 is 0 Å². The molecule has 0 aliphatic carbocycles. The van der Waals surface area contributed by atoms with Crippen LogP contribution >= 0.6 is 11.6 Å². The summed E-state index contributed by atoms with van der Waals surface area (Å²) in [7, 11) is -2.14. The maximum atomic E-state index is 14.5. The number of nitrogens with one attached hydrogen (secondary N) is 1. The van der Waals surface area contributed by atoms with Crippen LogP contribution in [0, 0.1) is 0 Å². The van der Waals surface area contributed by atoms with Crippen molar-refractivity contribution in [2.24, 2.45) is 0 Å². The number of fused-ring (bicyclic) bond motifs is 1. The molecule has 0 aliphatic rings. The van der Waals surface area contributed by atoms with Crippen molar-refractivity contribution >= 4 is 32.8 Å². The highest BCUT2D eigenvalue weighted by molar-refractivity contribution is 7.89. The molecule has 250 valence electrons. The molecule has 0 fully saturated rings. The summed E-state index contributed by atoms with van der Waals surface area (Å²) in [5.41, 5.74) is 4.90. The number of ether oxygens (including phenoxy) is 1. The number of imidazole rings is 1. The molecule has 2 aromatic heterocycles. The third kappa shape index (κ3) is 6.95. The Hall–Kier alpha value is -5.55. The van der Waals surface area contributed by atoms with Gasteiger partial charge >= 0.3 is 0 Å². The lowest BCUT2D eigenvalue weighted by Gasteiger charge is -2.14. The summed E-state index contributed by atoms with van der Waals surface area (Å²) in [5, 5.41) is 0.527. The Morgan fingerprint density at radius 1 is 0.700 bits per heavy atom. The van der Waals surface area contributed by atoms with Gasteiger partial charge in [-0.3, -0.25) is 13.9 Å². The van der Waals surface area contributed by atoms with E-state index < -0.39 is 15.6 Å². The number of benzene rings is 5. The highest BCUT2D eigenvalue weighted by Crippen LogP contribution is 2.28. The first kappa shape index (κ1) is 33.0. The normalized spacial score (nSPS) is 11.6. The van der Waals surface area contributed by atoms with Gasteiger partial charge < -0.3 is 4.74 Å². The molecule has 1 N–H and O–H groups in total. The fourth-order valence-corrected chi connectivity index (χ4v) is 6.90. The first-order chi connectivity index (χ1) is 24.3. The molecule has 5 aromatic carbocycles. The number of aryl methyl sites for hydroxylation is 1. The molecule has 0 spiro atoms. The van der Waals surface area contributed by atoms with Crippen LogP contribution in [0.5, 0.6) is 5.75 Å². The molecular formula is C39H32ClN5O4S. The number of rotatable bonds is 11. The largest absolute Gasteiger partial charge is 0.497 e. The van der Waals surface area contributed by atoms with Gasteiger partial charge in [-0.05, 0) is 71.6 Å². The topological polar surface area (TPSA) is 108 Å². The summed E-state index contributed by atoms with van der Waals surface area (Å²) < 4.78 is 37.5. The molecular weight excluding hydrogens is 670 g/mol. The molecule has 11 heteroatoms. The summed E-state index contributed by atoms with van der Waals surface area (Å²) >= 11 is 6.22. The summed E-state index contributed by atoms with van der Waals surface area (Å²) in [6.45, 7) is -0.155. The minimum Gasteiger partial charge on any atom is -0.497 e. The van der Waals surface area contributed by atoms with E-state index in [0.29, 0.717) is 51.4 Å². The van der Waals surface area contributed by atoms with Gasteiger partial charge in [-0.1, -0.05) is 96.5 Å². The van der Waals surface area contributed by atoms with Gasteiger partial charge in [0.05, 0.1) is 25.1 Å². The van der Waals surface area contributed by atoms with Crippen molar-refractivity contribution in [2.45, 2.75) is 13.0 Å². The zero-order valence-corrected chi connectivity index (χ0v) is 28.6. The second kappa shape index (κ2) is 14.1. The Labute approximate surface area is 294 Å². The van der Waals surface area contributed by atoms with Crippen molar-refractivity contribution in [3.8, 4) is 39.6 Å². The average Bonchev–Trinajstić information content (AvgIpc) is 3.53. The van der Waals surface area contributed by atoms with E-state index in [-0.39, 0.29) is 17.8 Å². The average molecular weight is 702 g/mol. The molecule has 0 unspecified atom stereocenters. The Kier molecular flexibility index (Phi) is 9.31. The molecule has 0 aliphatic heterocycles. The molecule has 2 heterocycles. The van der Waals surface area contributed by atoms with Crippen molar-refractivity contribution < 1.29 is 13.2 Å². The fraction of sp³-hybridized carbons (Fsp3) is 0.103. The van der Waals surface area contributed by atoms with Gasteiger partial charge in [-0.25, -0.2) is 23.1 Å². The molecule has 7 rings (SSSR count). The van der Waals surface area contributed by atoms with E-state index in [1.54, 1.807) is 48.1 Å². The molecule has 0 radical (unpaired) electrons. The minimum absolute atomic E-state index is 0.0980. The van der Waals surface area contributed by atoms with Crippen LogP contribution in [0.2, 0.25) is 5.02 Å². The number of nitrogens with zero attached hydrogens (tertiary/aromatic N) is 4. The predicted octanol–water partition coefficient (Wildman–Crippen LogP) is 7.23. The second-order valence-corrected chi connectivity index (χ2v) is 14.0. The van der Waals surface area contributed by atoms with Gasteiger partial charge in [0.1, 0.15) is 17.4 Å². The fourth-order valence-electron chi connectivity index (χ4n) is 5.78. The van der Waals surface area contributed by atoms with Gasteiger partial charge in [0.15, 0.2) is 11.2 Å². The molecule has 0 saturated heterocycles. The van der Waals surface area contributed by atoms with E-state index in [1.165, 1.54) is 4.57 Å². The summed E-state index contributed by atoms with van der Waals surface area (Å²) in [6.07, 6.45) is 0.314. The summed E-state index contributed by atoms with van der Waals surface area (Å²) in [5.74, 6) is 1.29. The van der Waals surface area contributed by atoms with Crippen molar-refractivity contribution in [1.82, 2.24) is 23.8 Å². The summed E-state index contributed by atoms with van der Waals surface area (Å²) in [6, 6.07) is 41.4. The van der Waals surface area contributed by atoms with Crippen molar-refractivity contribution in [3.05, 3.63) is 160 Å². The van der Waals surface area contributed by atoms with Crippen LogP contribution in [0.1, 0.15) is 11.4 Å². The van der Waals surface area contributed by atoms with E-state index in [4.69, 9.17) is 26.3 Å². The van der Waals surface area contributed by atoms with Crippen LogP contribution in [0.3, 0.4) is 0 Å². The Morgan fingerprint density at radius 3 is 1.96 bits per heavy atom. The number of hydrogen-bond donors (Lipinski definition) is 1. The third-order valence-corrected chi connectivity index (χ3v) is 9.95.